The highest BCUT2D eigenvalue weighted by Gasteiger charge is 2.17. The molecule has 5 heteroatoms. The normalized spacial score (nSPS) is 16.0. The average molecular weight is 164 g/mol. The van der Waals surface area contributed by atoms with E-state index in [0.29, 0.717) is 0 Å². The number of ketones is 1. The number of aliphatic hydroxyl groups is 4. The van der Waals surface area contributed by atoms with Gasteiger partial charge in [-0.3, -0.25) is 4.79 Å². The molecule has 0 fully saturated rings. The van der Waals surface area contributed by atoms with Crippen molar-refractivity contribution in [3.05, 3.63) is 0 Å². The van der Waals surface area contributed by atoms with Crippen LogP contribution in [0.15, 0.2) is 0 Å². The van der Waals surface area contributed by atoms with Crippen LogP contribution in [0, 0.1) is 0 Å². The summed E-state index contributed by atoms with van der Waals surface area (Å²) in [5, 5.41) is 34.1. The number of rotatable bonds is 5. The number of hydrogen-bond acceptors (Lipinski definition) is 5. The van der Waals surface area contributed by atoms with Crippen molar-refractivity contribution in [3.8, 4) is 0 Å². The highest BCUT2D eigenvalue weighted by atomic mass is 16.3. The topological polar surface area (TPSA) is 98.0 Å². The molecule has 0 amide bonds. The average Bonchev–Trinajstić information content (AvgIpc) is 2.02. The van der Waals surface area contributed by atoms with Crippen LogP contribution in [0.5, 0.6) is 0 Å². The van der Waals surface area contributed by atoms with Crippen molar-refractivity contribution >= 4 is 5.78 Å². The standard InChI is InChI=1S/C6H12O5/c7-2-4(9)1-5(10)6(11)3-8/h4-5,7-10H,1-3H2/t4-,5-/m0/s1. The lowest BCUT2D eigenvalue weighted by Gasteiger charge is -2.10. The Kier molecular flexibility index (Phi) is 4.97. The van der Waals surface area contributed by atoms with Gasteiger partial charge in [0.05, 0.1) is 12.7 Å². The molecule has 0 rings (SSSR count). The van der Waals surface area contributed by atoms with E-state index in [-0.39, 0.29) is 6.42 Å². The summed E-state index contributed by atoms with van der Waals surface area (Å²) in [5.41, 5.74) is 0. The predicted molar refractivity (Wildman–Crippen MR) is 35.8 cm³/mol. The summed E-state index contributed by atoms with van der Waals surface area (Å²) in [6.45, 7) is -1.25. The minimum Gasteiger partial charge on any atom is -0.394 e. The molecule has 0 aromatic rings. The first kappa shape index (κ1) is 10.5. The maximum absolute atomic E-state index is 10.5. The second-order valence-corrected chi connectivity index (χ2v) is 2.21. The summed E-state index contributed by atoms with van der Waals surface area (Å²) >= 11 is 0. The maximum Gasteiger partial charge on any atom is 0.186 e. The minimum atomic E-state index is -1.39. The summed E-state index contributed by atoms with van der Waals surface area (Å²) < 4.78 is 0. The van der Waals surface area contributed by atoms with E-state index in [0.717, 1.165) is 0 Å². The van der Waals surface area contributed by atoms with E-state index in [1.165, 1.54) is 0 Å². The fourth-order valence-corrected chi connectivity index (χ4v) is 0.569. The lowest BCUT2D eigenvalue weighted by atomic mass is 10.1. The fourth-order valence-electron chi connectivity index (χ4n) is 0.569. The molecule has 0 aliphatic carbocycles. The van der Waals surface area contributed by atoms with Gasteiger partial charge in [-0.2, -0.15) is 0 Å². The van der Waals surface area contributed by atoms with E-state index in [4.69, 9.17) is 20.4 Å². The van der Waals surface area contributed by atoms with Crippen molar-refractivity contribution in [1.82, 2.24) is 0 Å². The lowest BCUT2D eigenvalue weighted by molar-refractivity contribution is -0.131. The number of hydrogen-bond donors (Lipinski definition) is 4. The number of carbonyl (C=O) groups is 1. The largest absolute Gasteiger partial charge is 0.394 e. The van der Waals surface area contributed by atoms with Gasteiger partial charge in [-0.1, -0.05) is 0 Å². The number of Topliss-reactive ketones (excluding diaryl/α,β-unsaturated/α-hetero) is 1. The molecular weight excluding hydrogens is 152 g/mol. The molecule has 5 nitrogen and oxygen atoms in total. The Hall–Kier alpha value is -0.490. The van der Waals surface area contributed by atoms with Crippen molar-refractivity contribution in [2.24, 2.45) is 0 Å². The molecule has 11 heavy (non-hydrogen) atoms. The second-order valence-electron chi connectivity index (χ2n) is 2.21. The molecule has 0 radical (unpaired) electrons. The Morgan fingerprint density at radius 3 is 2.18 bits per heavy atom. The van der Waals surface area contributed by atoms with E-state index < -0.39 is 31.2 Å². The maximum atomic E-state index is 10.5. The molecule has 0 heterocycles. The van der Waals surface area contributed by atoms with Crippen LogP contribution in [0.4, 0.5) is 0 Å². The van der Waals surface area contributed by atoms with E-state index in [9.17, 15) is 4.79 Å². The minimum absolute atomic E-state index is 0.240. The van der Waals surface area contributed by atoms with Crippen LogP contribution in [-0.2, 0) is 4.79 Å². The van der Waals surface area contributed by atoms with Gasteiger partial charge in [0, 0.05) is 6.42 Å². The smallest absolute Gasteiger partial charge is 0.186 e. The summed E-state index contributed by atoms with van der Waals surface area (Å²) in [5.74, 6) is -0.752. The zero-order valence-electron chi connectivity index (χ0n) is 5.97. The SMILES string of the molecule is O=C(CO)[C@@H](O)C[C@H](O)CO. The molecular formula is C6H12O5. The quantitative estimate of drug-likeness (QED) is 0.365. The Labute approximate surface area is 63.9 Å². The molecule has 0 spiro atoms. The molecule has 0 saturated heterocycles. The third-order valence-corrected chi connectivity index (χ3v) is 1.23. The Morgan fingerprint density at radius 1 is 1.27 bits per heavy atom. The summed E-state index contributed by atoms with van der Waals surface area (Å²) in [7, 11) is 0. The molecule has 0 bridgehead atoms. The Morgan fingerprint density at radius 2 is 1.82 bits per heavy atom. The highest BCUT2D eigenvalue weighted by Crippen LogP contribution is 1.98. The molecule has 4 N–H and O–H groups in total. The molecule has 0 aliphatic rings. The zero-order chi connectivity index (χ0) is 8.85. The van der Waals surface area contributed by atoms with Gasteiger partial charge in [0.1, 0.15) is 12.7 Å². The molecule has 0 unspecified atom stereocenters. The first-order valence-corrected chi connectivity index (χ1v) is 3.22. The number of aliphatic hydroxyl groups excluding tert-OH is 4. The van der Waals surface area contributed by atoms with Crippen molar-refractivity contribution in [3.63, 3.8) is 0 Å². The van der Waals surface area contributed by atoms with Crippen LogP contribution in [0.3, 0.4) is 0 Å². The second kappa shape index (κ2) is 5.20. The van der Waals surface area contributed by atoms with Gasteiger partial charge in [-0.05, 0) is 0 Å². The van der Waals surface area contributed by atoms with Crippen LogP contribution >= 0.6 is 0 Å². The Balaban J connectivity index is 3.67. The van der Waals surface area contributed by atoms with Crippen molar-refractivity contribution in [1.29, 1.82) is 0 Å². The monoisotopic (exact) mass is 164 g/mol. The molecule has 0 aromatic carbocycles. The van der Waals surface area contributed by atoms with E-state index >= 15 is 0 Å². The van der Waals surface area contributed by atoms with Gasteiger partial charge < -0.3 is 20.4 Å². The first-order valence-electron chi connectivity index (χ1n) is 3.22. The summed E-state index contributed by atoms with van der Waals surface area (Å²) in [6, 6.07) is 0. The predicted octanol–water partition coefficient (Wildman–Crippen LogP) is -2.35. The molecule has 0 aromatic heterocycles. The van der Waals surface area contributed by atoms with Crippen LogP contribution < -0.4 is 0 Å². The lowest BCUT2D eigenvalue weighted by Crippen LogP contribution is -2.29. The van der Waals surface area contributed by atoms with Gasteiger partial charge >= 0.3 is 0 Å². The van der Waals surface area contributed by atoms with Crippen LogP contribution in [0.2, 0.25) is 0 Å². The third kappa shape index (κ3) is 4.05. The van der Waals surface area contributed by atoms with Crippen LogP contribution in [-0.4, -0.2) is 51.6 Å². The van der Waals surface area contributed by atoms with Gasteiger partial charge in [-0.15, -0.1) is 0 Å². The van der Waals surface area contributed by atoms with Gasteiger partial charge in [-0.25, -0.2) is 0 Å². The molecule has 2 atom stereocenters. The van der Waals surface area contributed by atoms with E-state index in [1.807, 2.05) is 0 Å². The van der Waals surface area contributed by atoms with Crippen molar-refractivity contribution < 1.29 is 25.2 Å². The summed E-state index contributed by atoms with van der Waals surface area (Å²) in [6.07, 6.45) is -2.74. The van der Waals surface area contributed by atoms with Crippen molar-refractivity contribution in [2.45, 2.75) is 18.6 Å². The molecule has 0 saturated carbocycles. The van der Waals surface area contributed by atoms with Gasteiger partial charge in [0.25, 0.3) is 0 Å². The van der Waals surface area contributed by atoms with Gasteiger partial charge in [0.2, 0.25) is 0 Å². The van der Waals surface area contributed by atoms with E-state index in [1.54, 1.807) is 0 Å². The van der Waals surface area contributed by atoms with Gasteiger partial charge in [0.15, 0.2) is 5.78 Å². The zero-order valence-corrected chi connectivity index (χ0v) is 5.97. The highest BCUT2D eigenvalue weighted by molar-refractivity contribution is 5.83. The van der Waals surface area contributed by atoms with E-state index in [2.05, 4.69) is 0 Å². The first-order chi connectivity index (χ1) is 5.11. The molecule has 66 valence electrons. The fraction of sp³-hybridized carbons (Fsp3) is 0.833. The summed E-state index contributed by atoms with van der Waals surface area (Å²) in [4.78, 5) is 10.5. The Bertz CT molecular complexity index is 124. The molecule has 0 aliphatic heterocycles. The van der Waals surface area contributed by atoms with Crippen molar-refractivity contribution in [2.75, 3.05) is 13.2 Å². The van der Waals surface area contributed by atoms with Crippen LogP contribution in [0.1, 0.15) is 6.42 Å². The van der Waals surface area contributed by atoms with Crippen LogP contribution in [0.25, 0.3) is 0 Å². The number of carbonyl (C=O) groups excluding carboxylic acids is 1. The third-order valence-electron chi connectivity index (χ3n) is 1.23.